The van der Waals surface area contributed by atoms with E-state index in [1.807, 2.05) is 6.92 Å². The summed E-state index contributed by atoms with van der Waals surface area (Å²) in [5, 5.41) is 10.6. The van der Waals surface area contributed by atoms with Crippen molar-refractivity contribution in [1.82, 2.24) is 4.57 Å². The van der Waals surface area contributed by atoms with Gasteiger partial charge in [0.15, 0.2) is 0 Å². The van der Waals surface area contributed by atoms with Crippen molar-refractivity contribution in [2.75, 3.05) is 0 Å². The molecule has 0 radical (unpaired) electrons. The van der Waals surface area contributed by atoms with Crippen LogP contribution in [0.5, 0.6) is 0 Å². The van der Waals surface area contributed by atoms with Crippen molar-refractivity contribution in [1.29, 1.82) is 0 Å². The van der Waals surface area contributed by atoms with Crippen LogP contribution in [0.3, 0.4) is 0 Å². The molecule has 3 nitrogen and oxygen atoms in total. The maximum atomic E-state index is 11.6. The Bertz CT molecular complexity index is 678. The first-order valence-corrected chi connectivity index (χ1v) is 7.14. The second-order valence-corrected chi connectivity index (χ2v) is 6.13. The summed E-state index contributed by atoms with van der Waals surface area (Å²) in [6.07, 6.45) is 0. The lowest BCUT2D eigenvalue weighted by Crippen LogP contribution is -2.07. The second-order valence-electron chi connectivity index (χ2n) is 6.13. The van der Waals surface area contributed by atoms with E-state index in [0.29, 0.717) is 11.5 Å². The molecular weight excluding hydrogens is 250 g/mol. The lowest BCUT2D eigenvalue weighted by molar-refractivity contribution is 0.0698. The van der Waals surface area contributed by atoms with Gasteiger partial charge in [-0.3, -0.25) is 0 Å². The van der Waals surface area contributed by atoms with E-state index in [0.717, 1.165) is 16.5 Å². The van der Waals surface area contributed by atoms with Gasteiger partial charge < -0.3 is 9.67 Å². The summed E-state index contributed by atoms with van der Waals surface area (Å²) < 4.78 is 2.16. The molecule has 0 atom stereocenters. The van der Waals surface area contributed by atoms with E-state index >= 15 is 0 Å². The van der Waals surface area contributed by atoms with Gasteiger partial charge in [0.25, 0.3) is 0 Å². The molecule has 0 saturated heterocycles. The molecule has 0 bridgehead atoms. The molecule has 2 aromatic rings. The van der Waals surface area contributed by atoms with E-state index in [4.69, 9.17) is 0 Å². The minimum Gasteiger partial charge on any atom is -0.478 e. The van der Waals surface area contributed by atoms with Gasteiger partial charge in [0.05, 0.1) is 11.1 Å². The minimum atomic E-state index is -0.853. The first-order valence-electron chi connectivity index (χ1n) is 7.14. The van der Waals surface area contributed by atoms with Crippen LogP contribution in [0, 0.1) is 13.8 Å². The van der Waals surface area contributed by atoms with E-state index in [1.54, 1.807) is 6.07 Å². The first-order chi connectivity index (χ1) is 9.25. The topological polar surface area (TPSA) is 42.2 Å². The number of hydrogen-bond acceptors (Lipinski definition) is 1. The quantitative estimate of drug-likeness (QED) is 0.883. The van der Waals surface area contributed by atoms with Crippen LogP contribution in [-0.2, 0) is 0 Å². The number of hydrogen-bond donors (Lipinski definition) is 1. The number of rotatable bonds is 3. The number of nitrogens with zero attached hydrogens (tertiary/aromatic N) is 1. The highest BCUT2D eigenvalue weighted by Gasteiger charge is 2.22. The number of benzene rings is 1. The molecule has 20 heavy (non-hydrogen) atoms. The van der Waals surface area contributed by atoms with E-state index in [9.17, 15) is 9.90 Å². The minimum absolute atomic E-state index is 0.241. The number of carboxylic acid groups (broad SMARTS) is 1. The number of aromatic carboxylic acids is 1. The monoisotopic (exact) mass is 273 g/mol. The fourth-order valence-corrected chi connectivity index (χ4v) is 3.27. The van der Waals surface area contributed by atoms with Gasteiger partial charge in [-0.15, -0.1) is 0 Å². The van der Waals surface area contributed by atoms with Crippen LogP contribution in [0.25, 0.3) is 10.9 Å². The lowest BCUT2D eigenvalue weighted by atomic mass is 9.97. The summed E-state index contributed by atoms with van der Waals surface area (Å²) in [4.78, 5) is 11.6. The van der Waals surface area contributed by atoms with Crippen molar-refractivity contribution in [3.63, 3.8) is 0 Å². The Morgan fingerprint density at radius 2 is 1.75 bits per heavy atom. The Morgan fingerprint density at radius 1 is 1.15 bits per heavy atom. The normalized spacial score (nSPS) is 11.8. The summed E-state index contributed by atoms with van der Waals surface area (Å²) in [7, 11) is 0. The Morgan fingerprint density at radius 3 is 2.20 bits per heavy atom. The van der Waals surface area contributed by atoms with Gasteiger partial charge in [-0.05, 0) is 56.9 Å². The van der Waals surface area contributed by atoms with E-state index in [-0.39, 0.29) is 6.04 Å². The third kappa shape index (κ3) is 2.11. The van der Waals surface area contributed by atoms with Gasteiger partial charge in [0, 0.05) is 17.1 Å². The average Bonchev–Trinajstić information content (AvgIpc) is 2.59. The Labute approximate surface area is 120 Å². The fraction of sp³-hybridized carbons (Fsp3) is 0.471. The molecular formula is C17H23NO2. The number of fused-ring (bicyclic) bond motifs is 1. The predicted molar refractivity (Wildman–Crippen MR) is 82.8 cm³/mol. The highest BCUT2D eigenvalue weighted by molar-refractivity contribution is 6.04. The number of carboxylic acids is 1. The Kier molecular flexibility index (Phi) is 3.63. The highest BCUT2D eigenvalue weighted by atomic mass is 16.4. The maximum Gasteiger partial charge on any atom is 0.337 e. The SMILES string of the molecule is Cc1cc(C(=O)O)c2c(c1)c(C(C)C)c(C)n2C(C)C. The van der Waals surface area contributed by atoms with Crippen LogP contribution in [0.2, 0.25) is 0 Å². The van der Waals surface area contributed by atoms with Crippen LogP contribution in [0.4, 0.5) is 0 Å². The fourth-order valence-electron chi connectivity index (χ4n) is 3.27. The summed E-state index contributed by atoms with van der Waals surface area (Å²) in [6, 6.07) is 4.13. The number of aryl methyl sites for hydroxylation is 1. The summed E-state index contributed by atoms with van der Waals surface area (Å²) >= 11 is 0. The molecule has 1 heterocycles. The van der Waals surface area contributed by atoms with Gasteiger partial charge in [0.2, 0.25) is 0 Å². The second kappa shape index (κ2) is 4.97. The third-order valence-electron chi connectivity index (χ3n) is 3.86. The summed E-state index contributed by atoms with van der Waals surface area (Å²) in [5.74, 6) is -0.477. The molecule has 3 heteroatoms. The van der Waals surface area contributed by atoms with Gasteiger partial charge >= 0.3 is 5.97 Å². The molecule has 1 N–H and O–H groups in total. The standard InChI is InChI=1S/C17H23NO2/c1-9(2)15-12(6)18(10(3)4)16-13(15)7-11(5)8-14(16)17(19)20/h7-10H,1-6H3,(H,19,20). The van der Waals surface area contributed by atoms with Crippen LogP contribution < -0.4 is 0 Å². The van der Waals surface area contributed by atoms with E-state index in [2.05, 4.69) is 45.3 Å². The molecule has 0 aliphatic carbocycles. The molecule has 0 spiro atoms. The average molecular weight is 273 g/mol. The van der Waals surface area contributed by atoms with Crippen molar-refractivity contribution in [2.24, 2.45) is 0 Å². The third-order valence-corrected chi connectivity index (χ3v) is 3.86. The molecule has 0 saturated carbocycles. The molecule has 0 aliphatic rings. The summed E-state index contributed by atoms with van der Waals surface area (Å²) in [5.41, 5.74) is 4.71. The van der Waals surface area contributed by atoms with Crippen molar-refractivity contribution in [3.05, 3.63) is 34.5 Å². The summed E-state index contributed by atoms with van der Waals surface area (Å²) in [6.45, 7) is 12.6. The molecule has 108 valence electrons. The first kappa shape index (κ1) is 14.6. The molecule has 1 aromatic carbocycles. The van der Waals surface area contributed by atoms with Gasteiger partial charge in [-0.1, -0.05) is 13.8 Å². The van der Waals surface area contributed by atoms with Crippen molar-refractivity contribution >= 4 is 16.9 Å². The Balaban J connectivity index is 3.04. The van der Waals surface area contributed by atoms with Crippen molar-refractivity contribution in [2.45, 2.75) is 53.5 Å². The lowest BCUT2D eigenvalue weighted by Gasteiger charge is -2.14. The molecule has 0 fully saturated rings. The number of carbonyl (C=O) groups is 1. The molecule has 2 rings (SSSR count). The van der Waals surface area contributed by atoms with E-state index < -0.39 is 5.97 Å². The van der Waals surface area contributed by atoms with Crippen LogP contribution in [-0.4, -0.2) is 15.6 Å². The molecule has 0 aliphatic heterocycles. The smallest absolute Gasteiger partial charge is 0.337 e. The molecule has 1 aromatic heterocycles. The van der Waals surface area contributed by atoms with Crippen LogP contribution in [0.15, 0.2) is 12.1 Å². The zero-order chi connectivity index (χ0) is 15.2. The van der Waals surface area contributed by atoms with Gasteiger partial charge in [-0.2, -0.15) is 0 Å². The number of aromatic nitrogens is 1. The van der Waals surface area contributed by atoms with Crippen molar-refractivity contribution < 1.29 is 9.90 Å². The largest absolute Gasteiger partial charge is 0.478 e. The zero-order valence-electron chi connectivity index (χ0n) is 13.1. The van der Waals surface area contributed by atoms with Gasteiger partial charge in [0.1, 0.15) is 0 Å². The van der Waals surface area contributed by atoms with Gasteiger partial charge in [-0.25, -0.2) is 4.79 Å². The Hall–Kier alpha value is -1.77. The predicted octanol–water partition coefficient (Wildman–Crippen LogP) is 4.66. The van der Waals surface area contributed by atoms with Crippen LogP contribution in [0.1, 0.15) is 66.8 Å². The zero-order valence-corrected chi connectivity index (χ0v) is 13.1. The van der Waals surface area contributed by atoms with Crippen LogP contribution >= 0.6 is 0 Å². The maximum absolute atomic E-state index is 11.6. The molecule has 0 unspecified atom stereocenters. The highest BCUT2D eigenvalue weighted by Crippen LogP contribution is 2.36. The van der Waals surface area contributed by atoms with E-state index in [1.165, 1.54) is 11.3 Å². The van der Waals surface area contributed by atoms with Crippen molar-refractivity contribution in [3.8, 4) is 0 Å². The molecule has 0 amide bonds.